The fraction of sp³-hybridized carbons (Fsp3) is 0. The van der Waals surface area contributed by atoms with E-state index >= 15 is 0 Å². The van der Waals surface area contributed by atoms with Gasteiger partial charge in [0.25, 0.3) is 0 Å². The molecule has 3 heteroatoms. The molecule has 0 radical (unpaired) electrons. The molecule has 0 N–H and O–H groups in total. The van der Waals surface area contributed by atoms with Crippen LogP contribution in [0.3, 0.4) is 0 Å². The molecule has 1 rings (SSSR count). The largest absolute Gasteiger partial charge is 0.181 e. The van der Waals surface area contributed by atoms with Crippen LogP contribution in [0.1, 0.15) is 5.56 Å². The van der Waals surface area contributed by atoms with Crippen molar-refractivity contribution >= 4 is 32.9 Å². The third-order valence-electron chi connectivity index (χ3n) is 0.926. The van der Waals surface area contributed by atoms with Crippen LogP contribution in [0.2, 0.25) is 0 Å². The zero-order valence-corrected chi connectivity index (χ0v) is 11.7. The Morgan fingerprint density at radius 2 is 1.60 bits per heavy atom. The molecule has 0 bridgehead atoms. The molecule has 0 saturated heterocycles. The Balaban J connectivity index is 0. The third-order valence-corrected chi connectivity index (χ3v) is 1.45. The normalized spacial score (nSPS) is 6.90. The molecule has 0 aliphatic rings. The van der Waals surface area contributed by atoms with Crippen LogP contribution in [0.4, 0.5) is 0 Å². The zero-order chi connectivity index (χ0) is 5.82. The molecule has 10 heavy (non-hydrogen) atoms. The molecule has 0 aromatic heterocycles. The molecule has 0 fully saturated rings. The smallest absolute Gasteiger partial charge is 0 e. The van der Waals surface area contributed by atoms with Gasteiger partial charge in [-0.25, -0.2) is 0 Å². The maximum atomic E-state index is 3.23. The van der Waals surface area contributed by atoms with E-state index in [1.54, 1.807) is 0 Å². The number of hydrogen-bond acceptors (Lipinski definition) is 0. The van der Waals surface area contributed by atoms with Gasteiger partial charge in [-0.1, -0.05) is 6.07 Å². The molecule has 1 aromatic carbocycles. The molecule has 0 unspecified atom stereocenters. The molecule has 0 nitrogen and oxygen atoms in total. The maximum Gasteiger partial charge on any atom is 0 e. The van der Waals surface area contributed by atoms with Crippen LogP contribution in [0.25, 0.3) is 0 Å². The topological polar surface area (TPSA) is 0 Å². The van der Waals surface area contributed by atoms with E-state index in [0.29, 0.717) is 0 Å². The third kappa shape index (κ3) is 4.48. The van der Waals surface area contributed by atoms with Crippen LogP contribution in [0.5, 0.6) is 0 Å². The van der Waals surface area contributed by atoms with E-state index in [4.69, 9.17) is 0 Å². The molecule has 0 amide bonds. The average molecular weight is 316 g/mol. The minimum Gasteiger partial charge on any atom is -0.181 e. The second-order valence-corrected chi connectivity index (χ2v) is 1.98. The number of rotatable bonds is 1. The molecule has 0 aliphatic heterocycles. The summed E-state index contributed by atoms with van der Waals surface area (Å²) < 4.78 is 0. The van der Waals surface area contributed by atoms with Gasteiger partial charge in [-0.15, -0.1) is 50.4 Å². The summed E-state index contributed by atoms with van der Waals surface area (Å²) in [5, 5.41) is 1.90. The minimum absolute atomic E-state index is 0. The van der Waals surface area contributed by atoms with Crippen LogP contribution >= 0.6 is 32.9 Å². The van der Waals surface area contributed by atoms with Gasteiger partial charge >= 0.3 is 0 Å². The summed E-state index contributed by atoms with van der Waals surface area (Å²) in [5.74, 6) is 0. The Labute approximate surface area is 93.1 Å². The molecule has 0 heterocycles. The van der Waals surface area contributed by atoms with Gasteiger partial charge in [0.05, 0.1) is 0 Å². The van der Waals surface area contributed by atoms with Gasteiger partial charge in [-0.2, -0.15) is 17.7 Å². The number of hydrogen-bond donors (Lipinski definition) is 0. The van der Waals surface area contributed by atoms with Crippen molar-refractivity contribution in [1.82, 2.24) is 0 Å². The van der Waals surface area contributed by atoms with E-state index in [1.165, 1.54) is 5.56 Å². The van der Waals surface area contributed by atoms with Crippen LogP contribution in [0.15, 0.2) is 30.3 Å². The van der Waals surface area contributed by atoms with Gasteiger partial charge in [-0.05, 0) is 0 Å². The molecule has 1 aromatic rings. The summed E-state index contributed by atoms with van der Waals surface area (Å²) in [4.78, 5) is 0. The van der Waals surface area contributed by atoms with Gasteiger partial charge in [-0.3, -0.25) is 0 Å². The van der Waals surface area contributed by atoms with E-state index in [-0.39, 0.29) is 36.5 Å². The molecule has 0 spiro atoms. The van der Waals surface area contributed by atoms with Crippen molar-refractivity contribution in [3.05, 3.63) is 41.2 Å². The molecule has 0 atom stereocenters. The number of halogens is 2. The van der Waals surface area contributed by atoms with Crippen LogP contribution < -0.4 is 0 Å². The first-order chi connectivity index (χ1) is 3.93. The quantitative estimate of drug-likeness (QED) is 0.551. The minimum atomic E-state index is 0. The van der Waals surface area contributed by atoms with E-state index in [1.807, 2.05) is 35.7 Å². The fourth-order valence-corrected chi connectivity index (χ4v) is 0.831. The monoisotopic (exact) mass is 313 g/mol. The van der Waals surface area contributed by atoms with Crippen molar-refractivity contribution in [3.8, 4) is 0 Å². The van der Waals surface area contributed by atoms with Crippen molar-refractivity contribution in [2.75, 3.05) is 0 Å². The second-order valence-electron chi connectivity index (χ2n) is 1.52. The molecule has 0 aliphatic carbocycles. The van der Waals surface area contributed by atoms with E-state index in [2.05, 4.69) is 15.9 Å². The molecular formula is C7H7Br2Zn-. The summed E-state index contributed by atoms with van der Waals surface area (Å²) in [5.41, 5.74) is 1.20. The van der Waals surface area contributed by atoms with Crippen molar-refractivity contribution in [2.45, 2.75) is 0 Å². The predicted octanol–water partition coefficient (Wildman–Crippen LogP) is 3.17. The first-order valence-corrected chi connectivity index (χ1v) is 3.33. The summed E-state index contributed by atoms with van der Waals surface area (Å²) in [7, 11) is 0. The van der Waals surface area contributed by atoms with Crippen molar-refractivity contribution in [3.63, 3.8) is 0 Å². The summed E-state index contributed by atoms with van der Waals surface area (Å²) >= 11 is 3.23. The average Bonchev–Trinajstić information content (AvgIpc) is 1.90. The molecule has 0 saturated carbocycles. The van der Waals surface area contributed by atoms with Crippen LogP contribution in [-0.4, -0.2) is 0 Å². The van der Waals surface area contributed by atoms with Gasteiger partial charge < -0.3 is 0 Å². The van der Waals surface area contributed by atoms with E-state index < -0.39 is 0 Å². The Hall–Kier alpha value is 0.673. The summed E-state index contributed by atoms with van der Waals surface area (Å²) in [6, 6.07) is 10.1. The van der Waals surface area contributed by atoms with Crippen molar-refractivity contribution < 1.29 is 19.5 Å². The first-order valence-electron chi connectivity index (χ1n) is 2.42. The van der Waals surface area contributed by atoms with Crippen LogP contribution in [-0.2, 0) is 19.5 Å². The van der Waals surface area contributed by atoms with Gasteiger partial charge in [0.1, 0.15) is 0 Å². The second kappa shape index (κ2) is 7.78. The van der Waals surface area contributed by atoms with Gasteiger partial charge in [0.2, 0.25) is 0 Å². The van der Waals surface area contributed by atoms with Gasteiger partial charge in [0.15, 0.2) is 0 Å². The van der Waals surface area contributed by atoms with E-state index in [9.17, 15) is 0 Å². The Morgan fingerprint density at radius 3 is 1.90 bits per heavy atom. The van der Waals surface area contributed by atoms with Crippen LogP contribution in [0, 0.1) is 5.33 Å². The maximum absolute atomic E-state index is 3.23. The SMILES string of the molecule is Br.Br[CH-]c1ccccc1.[Zn]. The van der Waals surface area contributed by atoms with Gasteiger partial charge in [0, 0.05) is 19.5 Å². The van der Waals surface area contributed by atoms with Crippen molar-refractivity contribution in [2.24, 2.45) is 0 Å². The Kier molecular flexibility index (Phi) is 10.3. The zero-order valence-electron chi connectivity index (χ0n) is 5.46. The Morgan fingerprint density at radius 1 is 1.10 bits per heavy atom. The molecule has 52 valence electrons. The van der Waals surface area contributed by atoms with Crippen molar-refractivity contribution in [1.29, 1.82) is 0 Å². The predicted molar refractivity (Wildman–Crippen MR) is 49.1 cm³/mol. The Bertz CT molecular complexity index is 153. The number of benzene rings is 1. The first kappa shape index (κ1) is 13.3. The standard InChI is InChI=1S/C7H6Br.BrH.Zn/c8-6-7-4-2-1-3-5-7;;/h1-6H;1H;/q-1;;. The molecular weight excluding hydrogens is 309 g/mol. The summed E-state index contributed by atoms with van der Waals surface area (Å²) in [6.07, 6.45) is 0. The van der Waals surface area contributed by atoms with E-state index in [0.717, 1.165) is 0 Å². The fourth-order valence-electron chi connectivity index (χ4n) is 0.526. The summed E-state index contributed by atoms with van der Waals surface area (Å²) in [6.45, 7) is 0.